The first-order chi connectivity index (χ1) is 9.95. The molecule has 0 spiro atoms. The summed E-state index contributed by atoms with van der Waals surface area (Å²) in [4.78, 5) is 18.8. The van der Waals surface area contributed by atoms with Gasteiger partial charge in [0, 0.05) is 18.4 Å². The molecule has 0 aliphatic carbocycles. The van der Waals surface area contributed by atoms with Crippen molar-refractivity contribution in [2.75, 3.05) is 13.7 Å². The molecule has 2 aliphatic heterocycles. The van der Waals surface area contributed by atoms with E-state index in [1.54, 1.807) is 0 Å². The lowest BCUT2D eigenvalue weighted by molar-refractivity contribution is -0.148. The third kappa shape index (κ3) is 2.32. The van der Waals surface area contributed by atoms with Crippen LogP contribution in [0.25, 0.3) is 0 Å². The van der Waals surface area contributed by atoms with E-state index in [1.807, 2.05) is 19.3 Å². The summed E-state index contributed by atoms with van der Waals surface area (Å²) >= 11 is 0. The van der Waals surface area contributed by atoms with E-state index < -0.39 is 8.07 Å². The Labute approximate surface area is 127 Å². The maximum atomic E-state index is 12.2. The Morgan fingerprint density at radius 3 is 3.00 bits per heavy atom. The SMILES string of the molecule is CCOC(=O)C1CC2C[Si](C)(C)c3ccncc3C2N1C. The molecule has 4 nitrogen and oxygen atoms in total. The molecule has 3 rings (SSSR count). The van der Waals surface area contributed by atoms with Crippen LogP contribution in [0.2, 0.25) is 19.1 Å². The van der Waals surface area contributed by atoms with Crippen LogP contribution in [0.5, 0.6) is 0 Å². The highest BCUT2D eigenvalue weighted by molar-refractivity contribution is 6.90. The van der Waals surface area contributed by atoms with Crippen LogP contribution >= 0.6 is 0 Å². The number of esters is 1. The predicted octanol–water partition coefficient (Wildman–Crippen LogP) is 1.94. The van der Waals surface area contributed by atoms with Crippen molar-refractivity contribution in [1.82, 2.24) is 9.88 Å². The molecular weight excluding hydrogens is 280 g/mol. The zero-order valence-electron chi connectivity index (χ0n) is 13.3. The summed E-state index contributed by atoms with van der Waals surface area (Å²) in [6.07, 6.45) is 4.85. The number of pyridine rings is 1. The lowest BCUT2D eigenvalue weighted by Gasteiger charge is -2.40. The van der Waals surface area contributed by atoms with Crippen molar-refractivity contribution < 1.29 is 9.53 Å². The van der Waals surface area contributed by atoms with Crippen LogP contribution in [0.4, 0.5) is 0 Å². The summed E-state index contributed by atoms with van der Waals surface area (Å²) in [5.74, 6) is 0.488. The molecule has 114 valence electrons. The second kappa shape index (κ2) is 5.21. The van der Waals surface area contributed by atoms with Gasteiger partial charge in [-0.05, 0) is 44.0 Å². The first kappa shape index (κ1) is 14.7. The number of aromatic nitrogens is 1. The summed E-state index contributed by atoms with van der Waals surface area (Å²) in [5.41, 5.74) is 1.35. The molecule has 21 heavy (non-hydrogen) atoms. The largest absolute Gasteiger partial charge is 0.465 e. The number of fused-ring (bicyclic) bond motifs is 3. The number of carbonyl (C=O) groups is 1. The van der Waals surface area contributed by atoms with E-state index in [2.05, 4.69) is 36.1 Å². The van der Waals surface area contributed by atoms with E-state index >= 15 is 0 Å². The minimum Gasteiger partial charge on any atom is -0.465 e. The molecule has 1 aromatic rings. The molecule has 0 bridgehead atoms. The first-order valence-corrected chi connectivity index (χ1v) is 11.0. The average molecular weight is 304 g/mol. The van der Waals surface area contributed by atoms with Crippen LogP contribution in [-0.2, 0) is 9.53 Å². The van der Waals surface area contributed by atoms with Crippen molar-refractivity contribution in [2.45, 2.75) is 44.6 Å². The fourth-order valence-corrected chi connectivity index (χ4v) is 7.74. The molecule has 0 N–H and O–H groups in total. The third-order valence-electron chi connectivity index (χ3n) is 5.13. The minimum absolute atomic E-state index is 0.0701. The number of likely N-dealkylation sites (tertiary alicyclic amines) is 1. The molecular formula is C16H24N2O2Si. The highest BCUT2D eigenvalue weighted by Gasteiger charge is 2.50. The van der Waals surface area contributed by atoms with Crippen molar-refractivity contribution in [1.29, 1.82) is 0 Å². The molecule has 2 aliphatic rings. The predicted molar refractivity (Wildman–Crippen MR) is 85.2 cm³/mol. The molecule has 0 radical (unpaired) electrons. The standard InChI is InChI=1S/C16H24N2O2Si/c1-5-20-16(19)13-8-11-10-21(3,4)14-6-7-17-9-12(14)15(11)18(13)2/h6-7,9,11,13,15H,5,8,10H2,1-4H3. The lowest BCUT2D eigenvalue weighted by atomic mass is 9.95. The van der Waals surface area contributed by atoms with Gasteiger partial charge in [-0.1, -0.05) is 18.3 Å². The summed E-state index contributed by atoms with van der Waals surface area (Å²) in [5, 5.41) is 1.51. The molecule has 0 aromatic carbocycles. The van der Waals surface area contributed by atoms with Crippen molar-refractivity contribution in [2.24, 2.45) is 5.92 Å². The van der Waals surface area contributed by atoms with E-state index in [4.69, 9.17) is 4.74 Å². The van der Waals surface area contributed by atoms with Crippen LogP contribution in [0.1, 0.15) is 24.9 Å². The van der Waals surface area contributed by atoms with Gasteiger partial charge in [0.2, 0.25) is 0 Å². The van der Waals surface area contributed by atoms with Gasteiger partial charge in [-0.15, -0.1) is 0 Å². The van der Waals surface area contributed by atoms with Gasteiger partial charge in [-0.3, -0.25) is 14.7 Å². The van der Waals surface area contributed by atoms with Gasteiger partial charge in [0.1, 0.15) is 6.04 Å². The maximum Gasteiger partial charge on any atom is 0.323 e. The van der Waals surface area contributed by atoms with Crippen LogP contribution < -0.4 is 5.19 Å². The highest BCUT2D eigenvalue weighted by atomic mass is 28.3. The van der Waals surface area contributed by atoms with Gasteiger partial charge < -0.3 is 4.74 Å². The van der Waals surface area contributed by atoms with E-state index in [0.717, 1.165) is 6.42 Å². The van der Waals surface area contributed by atoms with Crippen LogP contribution in [0.3, 0.4) is 0 Å². The Morgan fingerprint density at radius 2 is 2.29 bits per heavy atom. The van der Waals surface area contributed by atoms with E-state index in [0.29, 0.717) is 18.6 Å². The molecule has 3 unspecified atom stereocenters. The van der Waals surface area contributed by atoms with E-state index in [9.17, 15) is 4.79 Å². The Balaban J connectivity index is 1.97. The van der Waals surface area contributed by atoms with Crippen LogP contribution in [-0.4, -0.2) is 43.6 Å². The Bertz CT molecular complexity index is 561. The second-order valence-electron chi connectivity index (χ2n) is 6.92. The Hall–Kier alpha value is -1.20. The number of rotatable bonds is 2. The maximum absolute atomic E-state index is 12.2. The monoisotopic (exact) mass is 304 g/mol. The number of hydrogen-bond donors (Lipinski definition) is 0. The molecule has 1 aromatic heterocycles. The summed E-state index contributed by atoms with van der Waals surface area (Å²) in [7, 11) is 0.630. The Morgan fingerprint density at radius 1 is 1.52 bits per heavy atom. The van der Waals surface area contributed by atoms with E-state index in [-0.39, 0.29) is 12.0 Å². The molecule has 5 heteroatoms. The topological polar surface area (TPSA) is 42.4 Å². The van der Waals surface area contributed by atoms with Gasteiger partial charge in [-0.2, -0.15) is 0 Å². The number of hydrogen-bond acceptors (Lipinski definition) is 4. The fourth-order valence-electron chi connectivity index (χ4n) is 4.30. The van der Waals surface area contributed by atoms with Gasteiger partial charge >= 0.3 is 5.97 Å². The summed E-state index contributed by atoms with van der Waals surface area (Å²) in [6.45, 7) is 7.19. The highest BCUT2D eigenvalue weighted by Crippen LogP contribution is 2.47. The zero-order valence-corrected chi connectivity index (χ0v) is 14.3. The summed E-state index contributed by atoms with van der Waals surface area (Å²) < 4.78 is 5.26. The number of nitrogens with zero attached hydrogens (tertiary/aromatic N) is 2. The van der Waals surface area contributed by atoms with Gasteiger partial charge in [0.15, 0.2) is 0 Å². The van der Waals surface area contributed by atoms with Gasteiger partial charge in [-0.25, -0.2) is 0 Å². The Kier molecular flexibility index (Phi) is 3.65. The van der Waals surface area contributed by atoms with Crippen molar-refractivity contribution in [3.63, 3.8) is 0 Å². The third-order valence-corrected chi connectivity index (χ3v) is 8.59. The van der Waals surface area contributed by atoms with Crippen LogP contribution in [0.15, 0.2) is 18.5 Å². The molecule has 1 saturated heterocycles. The molecule has 1 fully saturated rings. The summed E-state index contributed by atoms with van der Waals surface area (Å²) in [6, 6.07) is 3.66. The van der Waals surface area contributed by atoms with Crippen LogP contribution in [0, 0.1) is 5.92 Å². The smallest absolute Gasteiger partial charge is 0.323 e. The number of ether oxygens (including phenoxy) is 1. The van der Waals surface area contributed by atoms with Crippen molar-refractivity contribution in [3.8, 4) is 0 Å². The second-order valence-corrected chi connectivity index (χ2v) is 11.6. The van der Waals surface area contributed by atoms with Crippen molar-refractivity contribution >= 4 is 19.2 Å². The average Bonchev–Trinajstić information content (AvgIpc) is 2.75. The first-order valence-electron chi connectivity index (χ1n) is 7.78. The molecule has 3 heterocycles. The lowest BCUT2D eigenvalue weighted by Crippen LogP contribution is -2.51. The minimum atomic E-state index is -1.43. The number of carbonyl (C=O) groups excluding carboxylic acids is 1. The molecule has 3 atom stereocenters. The normalized spacial score (nSPS) is 30.6. The number of likely N-dealkylation sites (N-methyl/N-ethyl adjacent to an activating group) is 1. The quantitative estimate of drug-likeness (QED) is 0.618. The zero-order chi connectivity index (χ0) is 15.2. The van der Waals surface area contributed by atoms with E-state index in [1.165, 1.54) is 16.8 Å². The van der Waals surface area contributed by atoms with Crippen molar-refractivity contribution in [3.05, 3.63) is 24.0 Å². The van der Waals surface area contributed by atoms with Gasteiger partial charge in [0.05, 0.1) is 14.7 Å². The molecule has 0 amide bonds. The molecule has 0 saturated carbocycles. The van der Waals surface area contributed by atoms with Gasteiger partial charge in [0.25, 0.3) is 0 Å². The fraction of sp³-hybridized carbons (Fsp3) is 0.625.